The molecule has 0 unspecified atom stereocenters. The third-order valence-electron chi connectivity index (χ3n) is 3.87. The highest BCUT2D eigenvalue weighted by Crippen LogP contribution is 2.11. The summed E-state index contributed by atoms with van der Waals surface area (Å²) in [5.41, 5.74) is 2.81. The zero-order chi connectivity index (χ0) is 20.6. The van der Waals surface area contributed by atoms with E-state index in [1.54, 1.807) is 56.6 Å². The van der Waals surface area contributed by atoms with Gasteiger partial charge in [0.2, 0.25) is 0 Å². The van der Waals surface area contributed by atoms with E-state index in [-0.39, 0.29) is 0 Å². The van der Waals surface area contributed by atoms with Gasteiger partial charge in [-0.3, -0.25) is 15.0 Å². The van der Waals surface area contributed by atoms with Crippen LogP contribution in [0.2, 0.25) is 0 Å². The van der Waals surface area contributed by atoms with Crippen LogP contribution in [-0.2, 0) is 0 Å². The van der Waals surface area contributed by atoms with Crippen LogP contribution in [-0.4, -0.2) is 84.9 Å². The topological polar surface area (TPSA) is 145 Å². The van der Waals surface area contributed by atoms with E-state index < -0.39 is 0 Å². The monoisotopic (exact) mass is 381 g/mol. The van der Waals surface area contributed by atoms with Crippen LogP contribution in [0, 0.1) is 0 Å². The molecule has 0 aromatic rings. The van der Waals surface area contributed by atoms with Gasteiger partial charge in [-0.05, 0) is 41.5 Å². The first kappa shape index (κ1) is 21.9. The lowest BCUT2D eigenvalue weighted by atomic mass is 10.3. The van der Waals surface area contributed by atoms with Crippen LogP contribution in [0.3, 0.4) is 0 Å². The Morgan fingerprint density at radius 2 is 0.704 bits per heavy atom. The third kappa shape index (κ3) is 6.56. The molecular weight excluding hydrogens is 354 g/mol. The average molecular weight is 381 g/mol. The lowest BCUT2D eigenvalue weighted by Gasteiger charge is -2.38. The summed E-state index contributed by atoms with van der Waals surface area (Å²) in [6.45, 7) is 11.2. The van der Waals surface area contributed by atoms with E-state index >= 15 is 0 Å². The molecule has 0 atom stereocenters. The van der Waals surface area contributed by atoms with Crippen LogP contribution < -0.4 is 0 Å². The molecule has 0 aliphatic carbocycles. The van der Waals surface area contributed by atoms with Crippen molar-refractivity contribution < 1.29 is 15.6 Å². The molecule has 0 saturated carbocycles. The number of hydrogen-bond donors (Lipinski definition) is 3. The molecule has 1 aliphatic heterocycles. The number of rotatable bonds is 6. The van der Waals surface area contributed by atoms with E-state index in [2.05, 4.69) is 30.8 Å². The van der Waals surface area contributed by atoms with Crippen LogP contribution >= 0.6 is 0 Å². The van der Waals surface area contributed by atoms with Gasteiger partial charge in [-0.15, -0.1) is 0 Å². The molecular formula is C15H27N9O3. The summed E-state index contributed by atoms with van der Waals surface area (Å²) in [6, 6.07) is 0. The smallest absolute Gasteiger partial charge is 0.127 e. The van der Waals surface area contributed by atoms with Gasteiger partial charge in [0.25, 0.3) is 0 Å². The zero-order valence-electron chi connectivity index (χ0n) is 16.5. The van der Waals surface area contributed by atoms with E-state index in [0.29, 0.717) is 54.3 Å². The molecule has 0 bridgehead atoms. The van der Waals surface area contributed by atoms with Crippen molar-refractivity contribution in [2.45, 2.75) is 41.5 Å². The van der Waals surface area contributed by atoms with Gasteiger partial charge in [0.15, 0.2) is 0 Å². The van der Waals surface area contributed by atoms with Gasteiger partial charge in [0.1, 0.15) is 20.0 Å². The second-order valence-electron chi connectivity index (χ2n) is 6.06. The molecule has 1 fully saturated rings. The van der Waals surface area contributed by atoms with Crippen molar-refractivity contribution in [3.05, 3.63) is 0 Å². The number of hydrogen-bond acceptors (Lipinski definition) is 12. The van der Waals surface area contributed by atoms with Crippen molar-refractivity contribution in [3.8, 4) is 0 Å². The maximum atomic E-state index is 8.90. The summed E-state index contributed by atoms with van der Waals surface area (Å²) < 4.78 is 0. The average Bonchev–Trinajstić information content (AvgIpc) is 2.65. The van der Waals surface area contributed by atoms with Gasteiger partial charge in [-0.25, -0.2) is 0 Å². The quantitative estimate of drug-likeness (QED) is 0.361. The molecule has 1 rings (SSSR count). The van der Waals surface area contributed by atoms with Crippen LogP contribution in [0.5, 0.6) is 0 Å². The van der Waals surface area contributed by atoms with Gasteiger partial charge in [0.05, 0.1) is 34.3 Å². The Balaban J connectivity index is 3.16. The van der Waals surface area contributed by atoms with Crippen LogP contribution in [0.25, 0.3) is 0 Å². The zero-order valence-corrected chi connectivity index (χ0v) is 16.5. The first-order chi connectivity index (χ1) is 12.7. The molecule has 1 aliphatic rings. The lowest BCUT2D eigenvalue weighted by molar-refractivity contribution is -0.0257. The molecule has 0 aromatic heterocycles. The Bertz CT molecular complexity index is 608. The fourth-order valence-corrected chi connectivity index (χ4v) is 1.96. The predicted octanol–water partition coefficient (Wildman–Crippen LogP) is 1.46. The number of hydrazone groups is 3. The van der Waals surface area contributed by atoms with Crippen molar-refractivity contribution in [3.63, 3.8) is 0 Å². The second-order valence-corrected chi connectivity index (χ2v) is 6.06. The number of nitrogens with zero attached hydrogens (tertiary/aromatic N) is 9. The minimum atomic E-state index is 0.351. The Labute approximate surface area is 158 Å². The molecule has 12 nitrogen and oxygen atoms in total. The normalized spacial score (nSPS) is 19.1. The highest BCUT2D eigenvalue weighted by Gasteiger charge is 2.22. The van der Waals surface area contributed by atoms with Crippen molar-refractivity contribution in [2.75, 3.05) is 20.0 Å². The number of oxime groups is 3. The van der Waals surface area contributed by atoms with Crippen molar-refractivity contribution in [2.24, 2.45) is 30.8 Å². The van der Waals surface area contributed by atoms with Crippen LogP contribution in [0.4, 0.5) is 0 Å². The minimum Gasteiger partial charge on any atom is -0.411 e. The second kappa shape index (κ2) is 10.1. The Morgan fingerprint density at radius 1 is 0.481 bits per heavy atom. The molecule has 150 valence electrons. The maximum absolute atomic E-state index is 8.90. The highest BCUT2D eigenvalue weighted by atomic mass is 16.4. The van der Waals surface area contributed by atoms with Crippen molar-refractivity contribution in [1.29, 1.82) is 0 Å². The summed E-state index contributed by atoms with van der Waals surface area (Å²) in [5.74, 6) is 0. The summed E-state index contributed by atoms with van der Waals surface area (Å²) in [7, 11) is 0. The predicted molar refractivity (Wildman–Crippen MR) is 104 cm³/mol. The summed E-state index contributed by atoms with van der Waals surface area (Å²) in [4.78, 5) is 0. The van der Waals surface area contributed by atoms with E-state index in [9.17, 15) is 0 Å². The van der Waals surface area contributed by atoms with E-state index in [1.807, 2.05) is 0 Å². The first-order valence-electron chi connectivity index (χ1n) is 8.19. The van der Waals surface area contributed by atoms with Gasteiger partial charge in [-0.2, -0.15) is 15.3 Å². The minimum absolute atomic E-state index is 0.351. The van der Waals surface area contributed by atoms with Crippen LogP contribution in [0.1, 0.15) is 41.5 Å². The maximum Gasteiger partial charge on any atom is 0.127 e. The van der Waals surface area contributed by atoms with Gasteiger partial charge in [0, 0.05) is 0 Å². The van der Waals surface area contributed by atoms with E-state index in [1.165, 1.54) is 0 Å². The third-order valence-corrected chi connectivity index (χ3v) is 3.87. The summed E-state index contributed by atoms with van der Waals surface area (Å²) >= 11 is 0. The molecule has 3 N–H and O–H groups in total. The van der Waals surface area contributed by atoms with Crippen LogP contribution in [0.15, 0.2) is 30.8 Å². The van der Waals surface area contributed by atoms with Crippen molar-refractivity contribution in [1.82, 2.24) is 15.0 Å². The molecule has 1 saturated heterocycles. The standard InChI is InChI=1S/C15H27N9O3/c1-10(13(4)19-25)16-22-7-23(17-11(2)14(5)20-26)9-24(8-22)18-12(3)15(6)21-27/h25-27H,7-9H2,1-6H3/b16-10-,17-11-,18-12+,19-13-,20-14+,21-15+. The Morgan fingerprint density at radius 3 is 0.889 bits per heavy atom. The first-order valence-corrected chi connectivity index (χ1v) is 8.19. The molecule has 12 heteroatoms. The largest absolute Gasteiger partial charge is 0.411 e. The Kier molecular flexibility index (Phi) is 8.17. The fraction of sp³-hybridized carbons (Fsp3) is 0.600. The van der Waals surface area contributed by atoms with Gasteiger partial charge < -0.3 is 15.6 Å². The molecule has 0 spiro atoms. The Hall–Kier alpha value is -3.18. The van der Waals surface area contributed by atoms with Gasteiger partial charge in [-0.1, -0.05) is 15.5 Å². The van der Waals surface area contributed by atoms with Crippen molar-refractivity contribution >= 4 is 34.3 Å². The SMILES string of the molecule is CC(=N/O)/C(C)=N\N1CN(/N=C(C)\C(C)=N\O)CN(/N=C(C)/C(C)=N/O)C1. The summed E-state index contributed by atoms with van der Waals surface area (Å²) in [6.07, 6.45) is 0. The lowest BCUT2D eigenvalue weighted by Crippen LogP contribution is -2.50. The molecule has 27 heavy (non-hydrogen) atoms. The fourth-order valence-electron chi connectivity index (χ4n) is 1.96. The van der Waals surface area contributed by atoms with E-state index in [0.717, 1.165) is 0 Å². The van der Waals surface area contributed by atoms with Gasteiger partial charge >= 0.3 is 0 Å². The molecule has 0 amide bonds. The van der Waals surface area contributed by atoms with E-state index in [4.69, 9.17) is 15.6 Å². The molecule has 1 heterocycles. The summed E-state index contributed by atoms with van der Waals surface area (Å²) in [5, 5.41) is 54.5. The highest BCUT2D eigenvalue weighted by molar-refractivity contribution is 6.41. The molecule has 0 aromatic carbocycles. The molecule has 0 radical (unpaired) electrons.